The van der Waals surface area contributed by atoms with Crippen molar-refractivity contribution in [2.24, 2.45) is 0 Å². The Kier molecular flexibility index (Phi) is 3.68. The summed E-state index contributed by atoms with van der Waals surface area (Å²) in [5.74, 6) is 0.690. The van der Waals surface area contributed by atoms with Gasteiger partial charge >= 0.3 is 0 Å². The molecule has 0 bridgehead atoms. The number of anilines is 1. The molecule has 2 aromatic rings. The summed E-state index contributed by atoms with van der Waals surface area (Å²) in [6, 6.07) is 6.20. The van der Waals surface area contributed by atoms with E-state index < -0.39 is 0 Å². The second-order valence-electron chi connectivity index (χ2n) is 3.47. The molecule has 2 heterocycles. The number of thiophene rings is 1. The van der Waals surface area contributed by atoms with Crippen molar-refractivity contribution in [2.45, 2.75) is 19.9 Å². The minimum Gasteiger partial charge on any atom is -0.364 e. The summed E-state index contributed by atoms with van der Waals surface area (Å²) < 4.78 is 0. The summed E-state index contributed by atoms with van der Waals surface area (Å²) in [7, 11) is 0. The zero-order chi connectivity index (χ0) is 12.1. The van der Waals surface area contributed by atoms with Crippen LogP contribution < -0.4 is 5.32 Å². The minimum atomic E-state index is 0.333. The van der Waals surface area contributed by atoms with Gasteiger partial charge in [-0.2, -0.15) is 5.26 Å². The van der Waals surface area contributed by atoms with Gasteiger partial charge in [0.05, 0.1) is 18.9 Å². The Labute approximate surface area is 104 Å². The summed E-state index contributed by atoms with van der Waals surface area (Å²) >= 11 is 1.80. The van der Waals surface area contributed by atoms with E-state index in [0.29, 0.717) is 11.5 Å². The van der Waals surface area contributed by atoms with E-state index in [9.17, 15) is 0 Å². The fourth-order valence-corrected chi connectivity index (χ4v) is 2.26. The zero-order valence-electron chi connectivity index (χ0n) is 9.47. The highest BCUT2D eigenvalue weighted by Gasteiger charge is 2.00. The molecule has 17 heavy (non-hydrogen) atoms. The first-order chi connectivity index (χ1) is 8.31. The SMILES string of the molecule is CCc1ccc(CNc2cnc(C#N)cn2)s1. The van der Waals surface area contributed by atoms with Crippen LogP contribution in [0.25, 0.3) is 0 Å². The third-order valence-corrected chi connectivity index (χ3v) is 3.51. The highest BCUT2D eigenvalue weighted by atomic mass is 32.1. The fourth-order valence-electron chi connectivity index (χ4n) is 1.36. The van der Waals surface area contributed by atoms with Gasteiger partial charge in [-0.25, -0.2) is 9.97 Å². The zero-order valence-corrected chi connectivity index (χ0v) is 10.3. The predicted octanol–water partition coefficient (Wildman–Crippen LogP) is 2.58. The van der Waals surface area contributed by atoms with Gasteiger partial charge in [-0.1, -0.05) is 6.92 Å². The Bertz CT molecular complexity index is 524. The number of aryl methyl sites for hydroxylation is 1. The average molecular weight is 244 g/mol. The van der Waals surface area contributed by atoms with Crippen molar-refractivity contribution in [1.82, 2.24) is 9.97 Å². The van der Waals surface area contributed by atoms with Gasteiger partial charge in [0.2, 0.25) is 0 Å². The maximum absolute atomic E-state index is 8.60. The minimum absolute atomic E-state index is 0.333. The van der Waals surface area contributed by atoms with Crippen molar-refractivity contribution in [3.63, 3.8) is 0 Å². The van der Waals surface area contributed by atoms with Crippen LogP contribution in [-0.2, 0) is 13.0 Å². The molecule has 0 aliphatic rings. The largest absolute Gasteiger partial charge is 0.364 e. The van der Waals surface area contributed by atoms with Gasteiger partial charge in [0.15, 0.2) is 5.69 Å². The van der Waals surface area contributed by atoms with Crippen LogP contribution in [0.2, 0.25) is 0 Å². The van der Waals surface area contributed by atoms with E-state index in [2.05, 4.69) is 34.3 Å². The molecule has 0 radical (unpaired) electrons. The van der Waals surface area contributed by atoms with E-state index in [0.717, 1.165) is 13.0 Å². The van der Waals surface area contributed by atoms with Crippen LogP contribution in [0.3, 0.4) is 0 Å². The van der Waals surface area contributed by atoms with Crippen molar-refractivity contribution in [3.8, 4) is 6.07 Å². The number of aromatic nitrogens is 2. The number of hydrogen-bond acceptors (Lipinski definition) is 5. The van der Waals surface area contributed by atoms with Crippen LogP contribution in [0.4, 0.5) is 5.82 Å². The molecule has 0 atom stereocenters. The Morgan fingerprint density at radius 3 is 2.71 bits per heavy atom. The van der Waals surface area contributed by atoms with Crippen LogP contribution in [0.1, 0.15) is 22.4 Å². The molecule has 2 rings (SSSR count). The predicted molar refractivity (Wildman–Crippen MR) is 67.8 cm³/mol. The van der Waals surface area contributed by atoms with E-state index in [1.54, 1.807) is 17.5 Å². The van der Waals surface area contributed by atoms with Gasteiger partial charge in [0, 0.05) is 9.75 Å². The van der Waals surface area contributed by atoms with Gasteiger partial charge in [-0.3, -0.25) is 0 Å². The Morgan fingerprint density at radius 1 is 1.29 bits per heavy atom. The molecule has 0 unspecified atom stereocenters. The molecule has 0 aromatic carbocycles. The van der Waals surface area contributed by atoms with Crippen LogP contribution in [0, 0.1) is 11.3 Å². The smallest absolute Gasteiger partial charge is 0.158 e. The Balaban J connectivity index is 1.95. The first-order valence-corrected chi connectivity index (χ1v) is 6.17. The number of nitrogens with one attached hydrogen (secondary N) is 1. The third-order valence-electron chi connectivity index (χ3n) is 2.28. The summed E-state index contributed by atoms with van der Waals surface area (Å²) in [5, 5.41) is 11.8. The maximum Gasteiger partial charge on any atom is 0.158 e. The lowest BCUT2D eigenvalue weighted by atomic mass is 10.3. The van der Waals surface area contributed by atoms with E-state index in [1.807, 2.05) is 6.07 Å². The van der Waals surface area contributed by atoms with Crippen molar-refractivity contribution in [2.75, 3.05) is 5.32 Å². The number of rotatable bonds is 4. The number of nitrogens with zero attached hydrogens (tertiary/aromatic N) is 3. The van der Waals surface area contributed by atoms with Crippen LogP contribution in [0.15, 0.2) is 24.5 Å². The molecule has 5 heteroatoms. The molecule has 0 spiro atoms. The molecule has 4 nitrogen and oxygen atoms in total. The van der Waals surface area contributed by atoms with E-state index >= 15 is 0 Å². The first kappa shape index (κ1) is 11.6. The molecule has 1 N–H and O–H groups in total. The molecule has 0 saturated carbocycles. The molecule has 0 fully saturated rings. The topological polar surface area (TPSA) is 61.6 Å². The fraction of sp³-hybridized carbons (Fsp3) is 0.250. The molecule has 0 aliphatic heterocycles. The van der Waals surface area contributed by atoms with Crippen molar-refractivity contribution in [3.05, 3.63) is 40.0 Å². The molecular weight excluding hydrogens is 232 g/mol. The normalized spacial score (nSPS) is 9.88. The van der Waals surface area contributed by atoms with E-state index in [4.69, 9.17) is 5.26 Å². The van der Waals surface area contributed by atoms with Crippen LogP contribution in [0.5, 0.6) is 0 Å². The molecule has 0 aliphatic carbocycles. The second-order valence-corrected chi connectivity index (χ2v) is 4.73. The van der Waals surface area contributed by atoms with Crippen LogP contribution >= 0.6 is 11.3 Å². The highest BCUT2D eigenvalue weighted by Crippen LogP contribution is 2.17. The number of hydrogen-bond donors (Lipinski definition) is 1. The summed E-state index contributed by atoms with van der Waals surface area (Å²) in [6.07, 6.45) is 4.11. The molecule has 0 amide bonds. The lowest BCUT2D eigenvalue weighted by molar-refractivity contribution is 1.09. The quantitative estimate of drug-likeness (QED) is 0.898. The second kappa shape index (κ2) is 5.41. The van der Waals surface area contributed by atoms with Crippen molar-refractivity contribution in [1.29, 1.82) is 5.26 Å². The maximum atomic E-state index is 8.60. The van der Waals surface area contributed by atoms with E-state index in [1.165, 1.54) is 16.0 Å². The average Bonchev–Trinajstić information content (AvgIpc) is 2.85. The molecule has 86 valence electrons. The van der Waals surface area contributed by atoms with Gasteiger partial charge in [-0.05, 0) is 18.6 Å². The van der Waals surface area contributed by atoms with Crippen LogP contribution in [-0.4, -0.2) is 9.97 Å². The highest BCUT2D eigenvalue weighted by molar-refractivity contribution is 7.12. The van der Waals surface area contributed by atoms with Crippen molar-refractivity contribution >= 4 is 17.2 Å². The monoisotopic (exact) mass is 244 g/mol. The van der Waals surface area contributed by atoms with Crippen molar-refractivity contribution < 1.29 is 0 Å². The first-order valence-electron chi connectivity index (χ1n) is 5.35. The Morgan fingerprint density at radius 2 is 2.12 bits per heavy atom. The molecular formula is C12H12N4S. The van der Waals surface area contributed by atoms with Gasteiger partial charge in [-0.15, -0.1) is 11.3 Å². The summed E-state index contributed by atoms with van der Waals surface area (Å²) in [6.45, 7) is 2.89. The standard InChI is InChI=1S/C12H12N4S/c1-2-10-3-4-11(17-10)7-16-12-8-14-9(5-13)6-15-12/h3-4,6,8H,2,7H2,1H3,(H,15,16). The summed E-state index contributed by atoms with van der Waals surface area (Å²) in [5.41, 5.74) is 0.333. The van der Waals surface area contributed by atoms with Gasteiger partial charge in [0.25, 0.3) is 0 Å². The molecule has 0 saturated heterocycles. The third kappa shape index (κ3) is 3.02. The summed E-state index contributed by atoms with van der Waals surface area (Å²) in [4.78, 5) is 10.7. The molecule has 2 aromatic heterocycles. The van der Waals surface area contributed by atoms with Gasteiger partial charge < -0.3 is 5.32 Å². The Hall–Kier alpha value is -1.93. The lowest BCUT2D eigenvalue weighted by Gasteiger charge is -2.02. The lowest BCUT2D eigenvalue weighted by Crippen LogP contribution is -2.00. The van der Waals surface area contributed by atoms with Gasteiger partial charge in [0.1, 0.15) is 11.9 Å². The number of nitriles is 1. The van der Waals surface area contributed by atoms with E-state index in [-0.39, 0.29) is 0 Å².